The van der Waals surface area contributed by atoms with Crippen molar-refractivity contribution in [2.75, 3.05) is 11.9 Å². The first kappa shape index (κ1) is 19.5. The zero-order chi connectivity index (χ0) is 20.3. The van der Waals surface area contributed by atoms with Crippen molar-refractivity contribution < 1.29 is 28.3 Å². The number of rotatable bonds is 7. The monoisotopic (exact) mass is 388 g/mol. The topological polar surface area (TPSA) is 95.5 Å². The van der Waals surface area contributed by atoms with E-state index in [4.69, 9.17) is 5.11 Å². The van der Waals surface area contributed by atoms with Gasteiger partial charge in [-0.05, 0) is 48.2 Å². The van der Waals surface area contributed by atoms with Crippen LogP contribution in [-0.2, 0) is 9.59 Å². The number of carbonyl (C=O) groups excluding carboxylic acids is 2. The Kier molecular flexibility index (Phi) is 5.67. The van der Waals surface area contributed by atoms with E-state index in [9.17, 15) is 23.2 Å². The van der Waals surface area contributed by atoms with Crippen LogP contribution in [0.2, 0.25) is 0 Å². The summed E-state index contributed by atoms with van der Waals surface area (Å²) in [6.07, 6.45) is 0.315. The van der Waals surface area contributed by atoms with Crippen molar-refractivity contribution in [2.45, 2.75) is 18.8 Å². The minimum Gasteiger partial charge on any atom is -0.481 e. The molecule has 0 heterocycles. The Bertz CT molecular complexity index is 915. The highest BCUT2D eigenvalue weighted by Crippen LogP contribution is 2.48. The highest BCUT2D eigenvalue weighted by Gasteiger charge is 2.45. The van der Waals surface area contributed by atoms with E-state index < -0.39 is 23.5 Å². The van der Waals surface area contributed by atoms with Crippen molar-refractivity contribution in [2.24, 2.45) is 5.92 Å². The SMILES string of the molecule is O=C(O)CCNC(=O)c1ccc(NC(=O)C2CC2c2ccc(F)cc2F)cc1. The maximum absolute atomic E-state index is 13.8. The van der Waals surface area contributed by atoms with Gasteiger partial charge < -0.3 is 15.7 Å². The normalized spacial score (nSPS) is 17.6. The van der Waals surface area contributed by atoms with Gasteiger partial charge in [-0.25, -0.2) is 8.78 Å². The highest BCUT2D eigenvalue weighted by atomic mass is 19.1. The van der Waals surface area contributed by atoms with Crippen LogP contribution in [0.15, 0.2) is 42.5 Å². The highest BCUT2D eigenvalue weighted by molar-refractivity contribution is 5.97. The fourth-order valence-corrected chi connectivity index (χ4v) is 2.96. The minimum atomic E-state index is -1.00. The first-order valence-electron chi connectivity index (χ1n) is 8.71. The number of carbonyl (C=O) groups is 3. The maximum atomic E-state index is 13.8. The molecular formula is C20H18F2N2O4. The molecule has 28 heavy (non-hydrogen) atoms. The van der Waals surface area contributed by atoms with Gasteiger partial charge in [-0.2, -0.15) is 0 Å². The third kappa shape index (κ3) is 4.70. The molecule has 1 aliphatic rings. The van der Waals surface area contributed by atoms with Gasteiger partial charge in [0.15, 0.2) is 0 Å². The first-order chi connectivity index (χ1) is 13.3. The molecule has 0 spiro atoms. The summed E-state index contributed by atoms with van der Waals surface area (Å²) in [6, 6.07) is 9.47. The predicted molar refractivity (Wildman–Crippen MR) is 96.9 cm³/mol. The molecular weight excluding hydrogens is 370 g/mol. The quantitative estimate of drug-likeness (QED) is 0.680. The summed E-state index contributed by atoms with van der Waals surface area (Å²) < 4.78 is 26.8. The predicted octanol–water partition coefficient (Wildman–Crippen LogP) is 2.91. The smallest absolute Gasteiger partial charge is 0.305 e. The van der Waals surface area contributed by atoms with Crippen molar-refractivity contribution in [3.8, 4) is 0 Å². The van der Waals surface area contributed by atoms with Crippen molar-refractivity contribution >= 4 is 23.5 Å². The van der Waals surface area contributed by atoms with Crippen molar-refractivity contribution in [1.29, 1.82) is 0 Å². The van der Waals surface area contributed by atoms with Gasteiger partial charge in [0, 0.05) is 29.8 Å². The molecule has 2 unspecified atom stereocenters. The lowest BCUT2D eigenvalue weighted by molar-refractivity contribution is -0.136. The van der Waals surface area contributed by atoms with Crippen LogP contribution in [-0.4, -0.2) is 29.4 Å². The minimum absolute atomic E-state index is 0.0235. The van der Waals surface area contributed by atoms with E-state index in [1.807, 2.05) is 0 Å². The molecule has 2 aromatic carbocycles. The van der Waals surface area contributed by atoms with E-state index in [0.717, 1.165) is 6.07 Å². The second kappa shape index (κ2) is 8.16. The Morgan fingerprint density at radius 2 is 1.79 bits per heavy atom. The van der Waals surface area contributed by atoms with E-state index in [-0.39, 0.29) is 30.7 Å². The van der Waals surface area contributed by atoms with Crippen molar-refractivity contribution in [3.63, 3.8) is 0 Å². The van der Waals surface area contributed by atoms with Crippen molar-refractivity contribution in [1.82, 2.24) is 5.32 Å². The molecule has 2 amide bonds. The first-order valence-corrected chi connectivity index (χ1v) is 8.71. The molecule has 1 fully saturated rings. The molecule has 0 aliphatic heterocycles. The molecule has 8 heteroatoms. The average Bonchev–Trinajstić information content (AvgIpc) is 3.42. The van der Waals surface area contributed by atoms with E-state index in [0.29, 0.717) is 23.2 Å². The van der Waals surface area contributed by atoms with Gasteiger partial charge in [0.1, 0.15) is 11.6 Å². The third-order valence-electron chi connectivity index (χ3n) is 4.53. The molecule has 3 N–H and O–H groups in total. The molecule has 3 rings (SSSR count). The number of carboxylic acid groups (broad SMARTS) is 1. The molecule has 1 aliphatic carbocycles. The molecule has 2 atom stereocenters. The number of aliphatic carboxylic acids is 1. The Morgan fingerprint density at radius 1 is 1.07 bits per heavy atom. The lowest BCUT2D eigenvalue weighted by atomic mass is 10.1. The Labute approximate surface area is 159 Å². The van der Waals surface area contributed by atoms with Crippen LogP contribution in [0.3, 0.4) is 0 Å². The van der Waals surface area contributed by atoms with Gasteiger partial charge in [0.25, 0.3) is 5.91 Å². The summed E-state index contributed by atoms with van der Waals surface area (Å²) in [6.45, 7) is 0.0235. The summed E-state index contributed by atoms with van der Waals surface area (Å²) in [7, 11) is 0. The molecule has 1 saturated carbocycles. The number of hydrogen-bond acceptors (Lipinski definition) is 3. The lowest BCUT2D eigenvalue weighted by Gasteiger charge is -2.07. The molecule has 2 aromatic rings. The molecule has 6 nitrogen and oxygen atoms in total. The molecule has 146 valence electrons. The lowest BCUT2D eigenvalue weighted by Crippen LogP contribution is -2.26. The van der Waals surface area contributed by atoms with Gasteiger partial charge >= 0.3 is 5.97 Å². The number of amides is 2. The zero-order valence-corrected chi connectivity index (χ0v) is 14.7. The van der Waals surface area contributed by atoms with Gasteiger partial charge in [-0.1, -0.05) is 6.07 Å². The number of benzene rings is 2. The van der Waals surface area contributed by atoms with Gasteiger partial charge in [-0.15, -0.1) is 0 Å². The fraction of sp³-hybridized carbons (Fsp3) is 0.250. The molecule has 0 saturated heterocycles. The standard InChI is InChI=1S/C20H18F2N2O4/c21-12-3-6-14(17(22)9-12)15-10-16(15)20(28)24-13-4-1-11(2-5-13)19(27)23-8-7-18(25)26/h1-6,9,15-16H,7-8,10H2,(H,23,27)(H,24,28)(H,25,26). The van der Waals surface area contributed by atoms with Gasteiger partial charge in [0.05, 0.1) is 6.42 Å². The molecule has 0 radical (unpaired) electrons. The number of nitrogens with one attached hydrogen (secondary N) is 2. The van der Waals surface area contributed by atoms with Crippen LogP contribution in [0.25, 0.3) is 0 Å². The fourth-order valence-electron chi connectivity index (χ4n) is 2.96. The van der Waals surface area contributed by atoms with Crippen LogP contribution >= 0.6 is 0 Å². The number of halogens is 2. The van der Waals surface area contributed by atoms with Gasteiger partial charge in [0.2, 0.25) is 5.91 Å². The number of anilines is 1. The second-order valence-electron chi connectivity index (χ2n) is 6.58. The summed E-state index contributed by atoms with van der Waals surface area (Å²) in [5.74, 6) is -3.66. The Morgan fingerprint density at radius 3 is 2.43 bits per heavy atom. The van der Waals surface area contributed by atoms with Crippen LogP contribution < -0.4 is 10.6 Å². The summed E-state index contributed by atoms with van der Waals surface area (Å²) >= 11 is 0. The maximum Gasteiger partial charge on any atom is 0.305 e. The number of hydrogen-bond donors (Lipinski definition) is 3. The number of carboxylic acids is 1. The van der Waals surface area contributed by atoms with E-state index >= 15 is 0 Å². The summed E-state index contributed by atoms with van der Waals surface area (Å²) in [4.78, 5) is 34.6. The summed E-state index contributed by atoms with van der Waals surface area (Å²) in [5.41, 5.74) is 1.15. The van der Waals surface area contributed by atoms with Crippen molar-refractivity contribution in [3.05, 3.63) is 65.2 Å². The largest absolute Gasteiger partial charge is 0.481 e. The Hall–Kier alpha value is -3.29. The third-order valence-corrected chi connectivity index (χ3v) is 4.53. The molecule has 0 bridgehead atoms. The van der Waals surface area contributed by atoms with E-state index in [1.54, 1.807) is 12.1 Å². The Balaban J connectivity index is 1.54. The van der Waals surface area contributed by atoms with Crippen LogP contribution in [0.5, 0.6) is 0 Å². The van der Waals surface area contributed by atoms with E-state index in [1.165, 1.54) is 24.3 Å². The van der Waals surface area contributed by atoms with Crippen LogP contribution in [0.1, 0.15) is 34.7 Å². The van der Waals surface area contributed by atoms with Crippen LogP contribution in [0, 0.1) is 17.6 Å². The van der Waals surface area contributed by atoms with E-state index in [2.05, 4.69) is 10.6 Å². The van der Waals surface area contributed by atoms with Crippen LogP contribution in [0.4, 0.5) is 14.5 Å². The molecule has 0 aromatic heterocycles. The van der Waals surface area contributed by atoms with Gasteiger partial charge in [-0.3, -0.25) is 14.4 Å². The summed E-state index contributed by atoms with van der Waals surface area (Å²) in [5, 5.41) is 13.8. The zero-order valence-electron chi connectivity index (χ0n) is 14.7. The average molecular weight is 388 g/mol. The second-order valence-corrected chi connectivity index (χ2v) is 6.58.